The largest absolute Gasteiger partial charge is 0.445 e. The molecule has 0 unspecified atom stereocenters. The van der Waals surface area contributed by atoms with Crippen molar-refractivity contribution in [2.75, 3.05) is 30.7 Å². The van der Waals surface area contributed by atoms with Gasteiger partial charge in [-0.1, -0.05) is 41.9 Å². The van der Waals surface area contributed by atoms with Crippen LogP contribution in [0.4, 0.5) is 21.1 Å². The smallest absolute Gasteiger partial charge is 0.410 e. The van der Waals surface area contributed by atoms with E-state index >= 15 is 0 Å². The van der Waals surface area contributed by atoms with Crippen LogP contribution in [0, 0.1) is 11.3 Å². The number of anilines is 2. The third kappa shape index (κ3) is 11.3. The normalized spacial score (nSPS) is 13.8. The van der Waals surface area contributed by atoms with Gasteiger partial charge in [-0.25, -0.2) is 19.6 Å². The number of para-hydroxylation sites is 1. The van der Waals surface area contributed by atoms with E-state index < -0.39 is 35.0 Å². The van der Waals surface area contributed by atoms with Gasteiger partial charge in [0.25, 0.3) is 0 Å². The van der Waals surface area contributed by atoms with Crippen LogP contribution in [0.25, 0.3) is 32.4 Å². The molecule has 0 bridgehead atoms. The van der Waals surface area contributed by atoms with Gasteiger partial charge < -0.3 is 41.4 Å². The SMILES string of the molecule is CCN(Cc1nc2c(N)nc3ccccc3c2n1CC(C)(C)O)C(=O)OCc1ccc(NC(=O)[C@H](CCCNC(N)=O)CC(=O)C2(C(=O)CCCCN=[N+]=[N-])CCC2)cc1. The minimum absolute atomic E-state index is 0.0587. The fourth-order valence-electron chi connectivity index (χ4n) is 7.52. The van der Waals surface area contributed by atoms with Crippen molar-refractivity contribution in [2.45, 2.75) is 104 Å². The zero-order valence-corrected chi connectivity index (χ0v) is 34.5. The number of nitrogens with zero attached hydrogens (tertiary/aromatic N) is 7. The number of carbonyl (C=O) groups is 5. The summed E-state index contributed by atoms with van der Waals surface area (Å²) in [4.78, 5) is 78.8. The molecule has 1 fully saturated rings. The summed E-state index contributed by atoms with van der Waals surface area (Å²) in [6.45, 7) is 6.22. The number of hydrogen-bond donors (Lipinski definition) is 5. The first-order valence-corrected chi connectivity index (χ1v) is 20.3. The molecule has 2 heterocycles. The Kier molecular flexibility index (Phi) is 15.0. The number of nitrogen functional groups attached to an aromatic ring is 1. The van der Waals surface area contributed by atoms with Gasteiger partial charge in [-0.2, -0.15) is 0 Å². The minimum atomic E-state index is -1.11. The highest BCUT2D eigenvalue weighted by molar-refractivity contribution is 6.09. The number of ketones is 2. The molecular weight excluding hydrogens is 771 g/mol. The van der Waals surface area contributed by atoms with E-state index in [2.05, 4.69) is 25.6 Å². The maximum Gasteiger partial charge on any atom is 0.410 e. The van der Waals surface area contributed by atoms with E-state index in [4.69, 9.17) is 26.7 Å². The molecule has 2 aromatic carbocycles. The van der Waals surface area contributed by atoms with Crippen molar-refractivity contribution >= 4 is 63.0 Å². The Morgan fingerprint density at radius 2 is 1.80 bits per heavy atom. The number of unbranched alkanes of at least 4 members (excludes halogenated alkanes) is 1. The number of ether oxygens (including phenoxy) is 1. The number of fused-ring (bicyclic) bond motifs is 3. The first-order chi connectivity index (χ1) is 28.7. The Bertz CT molecular complexity index is 2240. The molecule has 1 saturated carbocycles. The van der Waals surface area contributed by atoms with E-state index in [-0.39, 0.29) is 69.4 Å². The number of amides is 4. The molecule has 0 saturated heterocycles. The second-order valence-electron chi connectivity index (χ2n) is 15.9. The maximum absolute atomic E-state index is 13.7. The number of aromatic nitrogens is 3. The Morgan fingerprint density at radius 3 is 2.45 bits per heavy atom. The van der Waals surface area contributed by atoms with Crippen LogP contribution in [0.2, 0.25) is 0 Å². The third-order valence-corrected chi connectivity index (χ3v) is 10.9. The van der Waals surface area contributed by atoms with E-state index in [0.29, 0.717) is 72.3 Å². The van der Waals surface area contributed by atoms with Gasteiger partial charge in [-0.3, -0.25) is 14.4 Å². The zero-order valence-electron chi connectivity index (χ0n) is 34.5. The predicted molar refractivity (Wildman–Crippen MR) is 226 cm³/mol. The van der Waals surface area contributed by atoms with E-state index in [1.807, 2.05) is 35.8 Å². The quantitative estimate of drug-likeness (QED) is 0.0194. The minimum Gasteiger partial charge on any atom is -0.445 e. The Hall–Kier alpha value is -6.26. The first-order valence-electron chi connectivity index (χ1n) is 20.3. The fraction of sp³-hybridized carbons (Fsp3) is 0.500. The number of aliphatic hydroxyl groups is 1. The second-order valence-corrected chi connectivity index (χ2v) is 15.9. The lowest BCUT2D eigenvalue weighted by atomic mass is 9.61. The maximum atomic E-state index is 13.7. The van der Waals surface area contributed by atoms with Crippen molar-refractivity contribution in [3.8, 4) is 0 Å². The molecule has 18 nitrogen and oxygen atoms in total. The lowest BCUT2D eigenvalue weighted by molar-refractivity contribution is -0.148. The molecule has 1 atom stereocenters. The molecule has 320 valence electrons. The van der Waals surface area contributed by atoms with Crippen molar-refractivity contribution in [3.63, 3.8) is 0 Å². The molecule has 0 spiro atoms. The van der Waals surface area contributed by atoms with Gasteiger partial charge >= 0.3 is 12.1 Å². The average molecular weight is 826 g/mol. The molecule has 7 N–H and O–H groups in total. The summed E-state index contributed by atoms with van der Waals surface area (Å²) in [6.07, 6.45) is 2.79. The molecule has 4 amide bonds. The van der Waals surface area contributed by atoms with Crippen molar-refractivity contribution < 1.29 is 33.8 Å². The van der Waals surface area contributed by atoms with E-state index in [0.717, 1.165) is 11.8 Å². The molecule has 2 aromatic heterocycles. The molecule has 0 radical (unpaired) electrons. The summed E-state index contributed by atoms with van der Waals surface area (Å²) >= 11 is 0. The summed E-state index contributed by atoms with van der Waals surface area (Å²) in [5.41, 5.74) is 20.8. The van der Waals surface area contributed by atoms with Crippen LogP contribution in [0.3, 0.4) is 0 Å². The first kappa shape index (κ1) is 44.8. The number of azide groups is 1. The number of hydrogen-bond acceptors (Lipinski definition) is 11. The van der Waals surface area contributed by atoms with Crippen LogP contribution in [-0.2, 0) is 38.8 Å². The Balaban J connectivity index is 1.22. The van der Waals surface area contributed by atoms with Crippen LogP contribution in [-0.4, -0.2) is 79.4 Å². The lowest BCUT2D eigenvalue weighted by Crippen LogP contribution is -2.46. The van der Waals surface area contributed by atoms with Crippen molar-refractivity contribution in [2.24, 2.45) is 22.2 Å². The third-order valence-electron chi connectivity index (χ3n) is 10.9. The number of primary amides is 1. The molecule has 60 heavy (non-hydrogen) atoms. The zero-order chi connectivity index (χ0) is 43.5. The van der Waals surface area contributed by atoms with Gasteiger partial charge in [0.1, 0.15) is 29.5 Å². The van der Waals surface area contributed by atoms with Crippen LogP contribution in [0.5, 0.6) is 0 Å². The average Bonchev–Trinajstić information content (AvgIpc) is 3.53. The molecule has 18 heteroatoms. The van der Waals surface area contributed by atoms with Crippen LogP contribution < -0.4 is 22.1 Å². The standard InChI is InChI=1S/C42H55N11O7/c1-4-52(24-34-50-35-36(53(34)26-41(2,3)59)30-12-5-6-13-31(30)49-37(35)43)40(58)60-25-27-15-17-29(18-16-27)48-38(56)28(11-9-21-46-39(44)57)23-33(55)42(19-10-20-42)32(54)14-7-8-22-47-51-45/h5-6,12-13,15-18,28,59H,4,7-11,14,19-26H2,1-3H3,(H2,43,49)(H,48,56)(H3,44,46,57)/t28-/m1/s1. The van der Waals surface area contributed by atoms with Crippen LogP contribution in [0.15, 0.2) is 53.6 Å². The number of Topliss-reactive ketones (excluding diaryl/α,β-unsaturated/α-hetero) is 2. The van der Waals surface area contributed by atoms with E-state index in [1.54, 1.807) is 38.1 Å². The lowest BCUT2D eigenvalue weighted by Gasteiger charge is -2.39. The Morgan fingerprint density at radius 1 is 1.07 bits per heavy atom. The molecule has 0 aliphatic heterocycles. The number of nitrogens with two attached hydrogens (primary N) is 2. The van der Waals surface area contributed by atoms with E-state index in [9.17, 15) is 29.1 Å². The number of rotatable bonds is 22. The summed E-state index contributed by atoms with van der Waals surface area (Å²) in [7, 11) is 0. The van der Waals surface area contributed by atoms with Crippen LogP contribution in [0.1, 0.15) is 89.9 Å². The topological polar surface area (TPSA) is 274 Å². The van der Waals surface area contributed by atoms with Gasteiger partial charge in [0.2, 0.25) is 5.91 Å². The van der Waals surface area contributed by atoms with Gasteiger partial charge in [0.05, 0.1) is 35.1 Å². The number of nitrogens with one attached hydrogen (secondary N) is 2. The number of carbonyl (C=O) groups excluding carboxylic acids is 5. The van der Waals surface area contributed by atoms with Crippen molar-refractivity contribution in [1.29, 1.82) is 0 Å². The number of pyridine rings is 1. The predicted octanol–water partition coefficient (Wildman–Crippen LogP) is 6.28. The fourth-order valence-corrected chi connectivity index (χ4v) is 7.52. The number of imidazole rings is 1. The van der Waals surface area contributed by atoms with Crippen molar-refractivity contribution in [3.05, 3.63) is 70.4 Å². The highest BCUT2D eigenvalue weighted by Gasteiger charge is 2.49. The highest BCUT2D eigenvalue weighted by atomic mass is 16.6. The molecular formula is C42H55N11O7. The summed E-state index contributed by atoms with van der Waals surface area (Å²) in [5, 5.41) is 20.5. The van der Waals surface area contributed by atoms with Gasteiger partial charge in [0, 0.05) is 54.4 Å². The van der Waals surface area contributed by atoms with Gasteiger partial charge in [-0.15, -0.1) is 0 Å². The summed E-state index contributed by atoms with van der Waals surface area (Å²) in [5.74, 6) is -0.835. The van der Waals surface area contributed by atoms with Crippen molar-refractivity contribution in [1.82, 2.24) is 24.8 Å². The molecule has 1 aliphatic carbocycles. The summed E-state index contributed by atoms with van der Waals surface area (Å²) in [6, 6.07) is 13.6. The monoisotopic (exact) mass is 825 g/mol. The molecule has 4 aromatic rings. The number of urea groups is 1. The number of benzene rings is 2. The summed E-state index contributed by atoms with van der Waals surface area (Å²) < 4.78 is 7.57. The molecule has 1 aliphatic rings. The second kappa shape index (κ2) is 20.1. The van der Waals surface area contributed by atoms with Gasteiger partial charge in [0.15, 0.2) is 5.82 Å². The Labute approximate surface area is 348 Å². The van der Waals surface area contributed by atoms with E-state index in [1.165, 1.54) is 4.90 Å². The molecule has 5 rings (SSSR count). The van der Waals surface area contributed by atoms with Crippen LogP contribution >= 0.6 is 0 Å². The van der Waals surface area contributed by atoms with Gasteiger partial charge in [-0.05, 0) is 88.6 Å². The highest BCUT2D eigenvalue weighted by Crippen LogP contribution is 2.45.